The second kappa shape index (κ2) is 6.04. The topological polar surface area (TPSA) is 63.6 Å². The van der Waals surface area contributed by atoms with Gasteiger partial charge in [0.25, 0.3) is 0 Å². The van der Waals surface area contributed by atoms with E-state index >= 15 is 0 Å². The molecule has 2 aromatic rings. The molecule has 0 aliphatic rings. The summed E-state index contributed by atoms with van der Waals surface area (Å²) >= 11 is -4.89. The molecule has 0 bridgehead atoms. The van der Waals surface area contributed by atoms with Crippen LogP contribution in [0.15, 0.2) is 48.5 Å². The molecule has 21 heavy (non-hydrogen) atoms. The number of rotatable bonds is 4. The molecular weight excluding hydrogens is 409 g/mol. The molecule has 1 unspecified atom stereocenters. The van der Waals surface area contributed by atoms with E-state index in [9.17, 15) is 11.8 Å². The molecule has 1 atom stereocenters. The molecule has 0 aliphatic heterocycles. The molecule has 0 spiro atoms. The van der Waals surface area contributed by atoms with Crippen LogP contribution in [0.3, 0.4) is 0 Å². The van der Waals surface area contributed by atoms with Crippen molar-refractivity contribution in [3.8, 4) is 0 Å². The van der Waals surface area contributed by atoms with Crippen molar-refractivity contribution in [2.75, 3.05) is 0 Å². The summed E-state index contributed by atoms with van der Waals surface area (Å²) in [5.74, 6) is 0. The third-order valence-electron chi connectivity index (χ3n) is 2.87. The SMILES string of the molecule is Cc1ccccc1I(=O)(OP(=O)(O)F)c1ccccc1C. The summed E-state index contributed by atoms with van der Waals surface area (Å²) in [7, 11) is -5.39. The summed E-state index contributed by atoms with van der Waals surface area (Å²) in [5, 5.41) is 0. The number of hydrogen-bond acceptors (Lipinski definition) is 3. The summed E-state index contributed by atoms with van der Waals surface area (Å²) in [4.78, 5) is 8.97. The molecular formula is C14H15FIO4P. The number of benzene rings is 2. The van der Waals surface area contributed by atoms with Gasteiger partial charge in [-0.1, -0.05) is 0 Å². The maximum absolute atomic E-state index is 13.3. The van der Waals surface area contributed by atoms with Crippen LogP contribution >= 0.6 is 26.7 Å². The van der Waals surface area contributed by atoms with Gasteiger partial charge < -0.3 is 0 Å². The van der Waals surface area contributed by atoms with Gasteiger partial charge in [-0.2, -0.15) is 0 Å². The van der Waals surface area contributed by atoms with Gasteiger partial charge >= 0.3 is 127 Å². The van der Waals surface area contributed by atoms with Gasteiger partial charge in [0.05, 0.1) is 0 Å². The Balaban J connectivity index is 2.73. The van der Waals surface area contributed by atoms with E-state index in [4.69, 9.17) is 4.89 Å². The van der Waals surface area contributed by atoms with Crippen LogP contribution in [0, 0.1) is 21.0 Å². The van der Waals surface area contributed by atoms with Crippen molar-refractivity contribution in [3.63, 3.8) is 0 Å². The summed E-state index contributed by atoms with van der Waals surface area (Å²) in [5.41, 5.74) is 1.25. The predicted octanol–water partition coefficient (Wildman–Crippen LogP) is 4.73. The summed E-state index contributed by atoms with van der Waals surface area (Å²) in [6.45, 7) is 3.40. The minimum absolute atomic E-state index is 0.283. The van der Waals surface area contributed by atoms with Crippen molar-refractivity contribution in [1.29, 1.82) is 0 Å². The average Bonchev–Trinajstić information content (AvgIpc) is 2.37. The van der Waals surface area contributed by atoms with Crippen molar-refractivity contribution >= 4 is 26.7 Å². The van der Waals surface area contributed by atoms with E-state index in [0.29, 0.717) is 11.1 Å². The van der Waals surface area contributed by atoms with E-state index in [1.54, 1.807) is 62.4 Å². The monoisotopic (exact) mass is 424 g/mol. The van der Waals surface area contributed by atoms with Crippen molar-refractivity contribution in [2.24, 2.45) is 0 Å². The van der Waals surface area contributed by atoms with Gasteiger partial charge in [0.2, 0.25) is 0 Å². The first-order valence-corrected chi connectivity index (χ1v) is 11.5. The van der Waals surface area contributed by atoms with Crippen LogP contribution in [-0.4, -0.2) is 4.89 Å². The van der Waals surface area contributed by atoms with Crippen molar-refractivity contribution < 1.29 is 19.6 Å². The summed E-state index contributed by atoms with van der Waals surface area (Å²) in [6, 6.07) is 13.3. The standard InChI is InChI=1S/C14H15FIO4P/c1-11-7-3-5-9-13(11)16(17,20-21(15,18)19)14-10-6-4-8-12(14)2/h3-10H,1-2H3,(H,18,19). The van der Waals surface area contributed by atoms with E-state index in [1.807, 2.05) is 0 Å². The quantitative estimate of drug-likeness (QED) is 0.570. The molecule has 114 valence electrons. The first-order valence-electron chi connectivity index (χ1n) is 6.08. The molecule has 0 aromatic heterocycles. The van der Waals surface area contributed by atoms with E-state index in [-0.39, 0.29) is 7.14 Å². The Hall–Kier alpha value is -0.950. The minimum atomic E-state index is -5.39. The third-order valence-corrected chi connectivity index (χ3v) is 11.8. The normalized spacial score (nSPS) is 15.4. The number of halogens is 2. The van der Waals surface area contributed by atoms with Gasteiger partial charge in [-0.15, -0.1) is 0 Å². The molecule has 1 N–H and O–H groups in total. The van der Waals surface area contributed by atoms with E-state index < -0.39 is 26.7 Å². The van der Waals surface area contributed by atoms with Crippen LogP contribution in [0.4, 0.5) is 4.20 Å². The zero-order chi connectivity index (χ0) is 15.7. The molecule has 0 radical (unpaired) electrons. The van der Waals surface area contributed by atoms with Gasteiger partial charge in [0.1, 0.15) is 0 Å². The molecule has 0 aliphatic carbocycles. The molecule has 2 aromatic carbocycles. The molecule has 7 heteroatoms. The van der Waals surface area contributed by atoms with Crippen LogP contribution in [0.1, 0.15) is 11.1 Å². The van der Waals surface area contributed by atoms with Gasteiger partial charge in [0.15, 0.2) is 0 Å². The van der Waals surface area contributed by atoms with Crippen LogP contribution in [-0.2, 0) is 10.5 Å². The molecule has 2 rings (SSSR count). The Morgan fingerprint density at radius 1 is 1.00 bits per heavy atom. The molecule has 4 nitrogen and oxygen atoms in total. The molecule has 0 fully saturated rings. The van der Waals surface area contributed by atoms with Crippen molar-refractivity contribution in [1.82, 2.24) is 0 Å². The molecule has 0 heterocycles. The zero-order valence-electron chi connectivity index (χ0n) is 11.5. The average molecular weight is 424 g/mol. The van der Waals surface area contributed by atoms with E-state index in [2.05, 4.69) is 2.85 Å². The Kier molecular flexibility index (Phi) is 4.72. The Bertz CT molecular complexity index is 707. The first kappa shape index (κ1) is 16.4. The molecule has 0 amide bonds. The van der Waals surface area contributed by atoms with Crippen molar-refractivity contribution in [3.05, 3.63) is 66.8 Å². The van der Waals surface area contributed by atoms with Crippen LogP contribution in [0.25, 0.3) is 0 Å². The van der Waals surface area contributed by atoms with Gasteiger partial charge in [-0.25, -0.2) is 0 Å². The van der Waals surface area contributed by atoms with E-state index in [1.165, 1.54) is 0 Å². The number of aryl methyl sites for hydroxylation is 2. The maximum atomic E-state index is 13.3. The second-order valence-corrected chi connectivity index (χ2v) is 11.7. The molecule has 0 saturated heterocycles. The third kappa shape index (κ3) is 3.63. The van der Waals surface area contributed by atoms with Gasteiger partial charge in [0, 0.05) is 0 Å². The molecule has 0 saturated carbocycles. The Labute approximate surface area is 127 Å². The van der Waals surface area contributed by atoms with Crippen LogP contribution in [0.2, 0.25) is 0 Å². The van der Waals surface area contributed by atoms with Gasteiger partial charge in [-0.3, -0.25) is 0 Å². The fraction of sp³-hybridized carbons (Fsp3) is 0.143. The Morgan fingerprint density at radius 3 is 1.71 bits per heavy atom. The van der Waals surface area contributed by atoms with Crippen molar-refractivity contribution in [2.45, 2.75) is 13.8 Å². The summed E-state index contributed by atoms with van der Waals surface area (Å²) < 4.78 is 42.9. The van der Waals surface area contributed by atoms with E-state index in [0.717, 1.165) is 0 Å². The number of hydrogen-bond donors (Lipinski definition) is 1. The predicted molar refractivity (Wildman–Crippen MR) is 86.5 cm³/mol. The van der Waals surface area contributed by atoms with Crippen LogP contribution in [0.5, 0.6) is 0 Å². The fourth-order valence-corrected chi connectivity index (χ4v) is 10.3. The summed E-state index contributed by atoms with van der Waals surface area (Å²) in [6.07, 6.45) is 0. The van der Waals surface area contributed by atoms with Crippen LogP contribution < -0.4 is 0 Å². The fourth-order valence-electron chi connectivity index (χ4n) is 1.96. The first-order chi connectivity index (χ1) is 9.74. The Morgan fingerprint density at radius 2 is 1.38 bits per heavy atom. The second-order valence-electron chi connectivity index (χ2n) is 4.48. The van der Waals surface area contributed by atoms with Gasteiger partial charge in [-0.05, 0) is 0 Å². The zero-order valence-corrected chi connectivity index (χ0v) is 14.5.